The van der Waals surface area contributed by atoms with E-state index in [4.69, 9.17) is 10.5 Å². The Morgan fingerprint density at radius 2 is 2.07 bits per heavy atom. The molecule has 1 heterocycles. The van der Waals surface area contributed by atoms with Crippen molar-refractivity contribution in [2.45, 2.75) is 70.9 Å². The number of hydrogen-bond donors (Lipinski definition) is 2. The largest absolute Gasteiger partial charge is 0.481 e. The Labute approximate surface area is 168 Å². The highest BCUT2D eigenvalue weighted by molar-refractivity contribution is 5.81. The molecule has 1 aromatic rings. The summed E-state index contributed by atoms with van der Waals surface area (Å²) in [6.45, 7) is 9.75. The Hall–Kier alpha value is -2.08. The summed E-state index contributed by atoms with van der Waals surface area (Å²) in [4.78, 5) is 26.6. The third-order valence-corrected chi connectivity index (χ3v) is 5.18. The van der Waals surface area contributed by atoms with Crippen LogP contribution < -0.4 is 15.8 Å². The van der Waals surface area contributed by atoms with E-state index in [1.54, 1.807) is 6.92 Å². The number of ether oxygens (including phenoxy) is 1. The number of nitrogens with zero attached hydrogens (tertiary/aromatic N) is 1. The number of likely N-dealkylation sites (tertiary alicyclic amines) is 1. The Morgan fingerprint density at radius 3 is 2.75 bits per heavy atom. The first-order valence-electron chi connectivity index (χ1n) is 10.3. The molecule has 0 bridgehead atoms. The number of nitrogens with one attached hydrogen (secondary N) is 1. The molecule has 2 atom stereocenters. The van der Waals surface area contributed by atoms with Crippen LogP contribution in [0.5, 0.6) is 5.75 Å². The summed E-state index contributed by atoms with van der Waals surface area (Å²) in [5.74, 6) is 0.612. The smallest absolute Gasteiger partial charge is 0.263 e. The maximum atomic E-state index is 13.0. The van der Waals surface area contributed by atoms with Crippen LogP contribution in [0.2, 0.25) is 0 Å². The Balaban J connectivity index is 2.00. The molecule has 1 fully saturated rings. The van der Waals surface area contributed by atoms with Gasteiger partial charge in [0.25, 0.3) is 5.91 Å². The fraction of sp³-hybridized carbons (Fsp3) is 0.636. The highest BCUT2D eigenvalue weighted by atomic mass is 16.5. The lowest BCUT2D eigenvalue weighted by Crippen LogP contribution is -2.52. The third-order valence-electron chi connectivity index (χ3n) is 5.18. The molecule has 0 radical (unpaired) electrons. The number of carbonyl (C=O) groups excluding carboxylic acids is 2. The van der Waals surface area contributed by atoms with Gasteiger partial charge in [-0.1, -0.05) is 32.9 Å². The second kappa shape index (κ2) is 9.92. The molecule has 28 heavy (non-hydrogen) atoms. The number of hydrogen-bond acceptors (Lipinski definition) is 4. The maximum Gasteiger partial charge on any atom is 0.263 e. The van der Waals surface area contributed by atoms with Crippen molar-refractivity contribution in [3.63, 3.8) is 0 Å². The van der Waals surface area contributed by atoms with Gasteiger partial charge >= 0.3 is 0 Å². The van der Waals surface area contributed by atoms with Gasteiger partial charge in [-0.15, -0.1) is 0 Å². The van der Waals surface area contributed by atoms with Gasteiger partial charge in [0.1, 0.15) is 5.75 Å². The highest BCUT2D eigenvalue weighted by Gasteiger charge is 2.31. The molecule has 156 valence electrons. The minimum atomic E-state index is -0.574. The zero-order chi connectivity index (χ0) is 20.7. The van der Waals surface area contributed by atoms with Crippen molar-refractivity contribution in [1.82, 2.24) is 10.2 Å². The average Bonchev–Trinajstić information content (AvgIpc) is 2.66. The standard InChI is InChI=1S/C22H35N3O3/c1-16(28-19-10-7-8-17(14-19)22(2,3)4)21(27)25-13-6-5-9-18(25)15-24-20(26)11-12-23/h7-8,10,14,16,18H,5-6,9,11-13,15,23H2,1-4H3,(H,24,26). The van der Waals surface area contributed by atoms with Gasteiger partial charge in [-0.2, -0.15) is 0 Å². The predicted octanol–water partition coefficient (Wildman–Crippen LogP) is 2.60. The lowest BCUT2D eigenvalue weighted by molar-refractivity contribution is -0.142. The summed E-state index contributed by atoms with van der Waals surface area (Å²) in [6.07, 6.45) is 2.66. The lowest BCUT2D eigenvalue weighted by atomic mass is 9.87. The van der Waals surface area contributed by atoms with Crippen LogP contribution in [0.25, 0.3) is 0 Å². The van der Waals surface area contributed by atoms with E-state index in [0.717, 1.165) is 19.3 Å². The van der Waals surface area contributed by atoms with E-state index in [0.29, 0.717) is 31.8 Å². The molecule has 0 spiro atoms. The van der Waals surface area contributed by atoms with E-state index in [-0.39, 0.29) is 23.3 Å². The summed E-state index contributed by atoms with van der Waals surface area (Å²) >= 11 is 0. The first-order valence-corrected chi connectivity index (χ1v) is 10.3. The number of piperidine rings is 1. The van der Waals surface area contributed by atoms with Crippen molar-refractivity contribution in [2.75, 3.05) is 19.6 Å². The molecule has 0 saturated carbocycles. The van der Waals surface area contributed by atoms with Gasteiger partial charge in [0, 0.05) is 32.1 Å². The monoisotopic (exact) mass is 389 g/mol. The number of benzene rings is 1. The fourth-order valence-corrected chi connectivity index (χ4v) is 3.48. The van der Waals surface area contributed by atoms with Crippen LogP contribution in [-0.4, -0.2) is 48.5 Å². The molecule has 2 unspecified atom stereocenters. The van der Waals surface area contributed by atoms with Crippen LogP contribution in [0.4, 0.5) is 0 Å². The van der Waals surface area contributed by atoms with Crippen LogP contribution in [0, 0.1) is 0 Å². The van der Waals surface area contributed by atoms with Gasteiger partial charge in [-0.25, -0.2) is 0 Å². The topological polar surface area (TPSA) is 84.7 Å². The van der Waals surface area contributed by atoms with Crippen LogP contribution in [-0.2, 0) is 15.0 Å². The van der Waals surface area contributed by atoms with Gasteiger partial charge in [0.15, 0.2) is 6.10 Å². The van der Waals surface area contributed by atoms with Gasteiger partial charge in [-0.05, 0) is 49.3 Å². The molecular formula is C22H35N3O3. The zero-order valence-electron chi connectivity index (χ0n) is 17.7. The van der Waals surface area contributed by atoms with E-state index in [9.17, 15) is 9.59 Å². The van der Waals surface area contributed by atoms with Crippen LogP contribution in [0.3, 0.4) is 0 Å². The molecule has 6 nitrogen and oxygen atoms in total. The van der Waals surface area contributed by atoms with E-state index >= 15 is 0 Å². The molecule has 1 saturated heterocycles. The molecule has 2 amide bonds. The molecule has 2 rings (SSSR count). The summed E-state index contributed by atoms with van der Waals surface area (Å²) in [7, 11) is 0. The first-order chi connectivity index (χ1) is 13.2. The molecule has 1 aromatic carbocycles. The van der Waals surface area contributed by atoms with Gasteiger partial charge < -0.3 is 20.7 Å². The minimum absolute atomic E-state index is 0.00920. The molecular weight excluding hydrogens is 354 g/mol. The van der Waals surface area contributed by atoms with Crippen LogP contribution in [0.15, 0.2) is 24.3 Å². The summed E-state index contributed by atoms with van der Waals surface area (Å²) in [5, 5.41) is 2.90. The highest BCUT2D eigenvalue weighted by Crippen LogP contribution is 2.26. The molecule has 0 aromatic heterocycles. The van der Waals surface area contributed by atoms with Gasteiger partial charge in [0.2, 0.25) is 5.91 Å². The lowest BCUT2D eigenvalue weighted by Gasteiger charge is -2.37. The predicted molar refractivity (Wildman–Crippen MR) is 111 cm³/mol. The average molecular weight is 390 g/mol. The van der Waals surface area contributed by atoms with Crippen molar-refractivity contribution in [1.29, 1.82) is 0 Å². The van der Waals surface area contributed by atoms with Crippen molar-refractivity contribution in [3.05, 3.63) is 29.8 Å². The molecule has 0 aliphatic carbocycles. The molecule has 6 heteroatoms. The minimum Gasteiger partial charge on any atom is -0.481 e. The van der Waals surface area contributed by atoms with E-state index in [1.807, 2.05) is 23.1 Å². The van der Waals surface area contributed by atoms with Gasteiger partial charge in [-0.3, -0.25) is 9.59 Å². The van der Waals surface area contributed by atoms with E-state index in [1.165, 1.54) is 5.56 Å². The number of carbonyl (C=O) groups is 2. The SMILES string of the molecule is CC(Oc1cccc(C(C)(C)C)c1)C(=O)N1CCCCC1CNC(=O)CCN. The number of rotatable bonds is 7. The van der Waals surface area contributed by atoms with Crippen LogP contribution >= 0.6 is 0 Å². The van der Waals surface area contributed by atoms with E-state index < -0.39 is 6.10 Å². The van der Waals surface area contributed by atoms with Gasteiger partial charge in [0.05, 0.1) is 0 Å². The number of amides is 2. The Bertz CT molecular complexity index is 669. The van der Waals surface area contributed by atoms with E-state index in [2.05, 4.69) is 32.2 Å². The van der Waals surface area contributed by atoms with Crippen molar-refractivity contribution in [3.8, 4) is 5.75 Å². The van der Waals surface area contributed by atoms with Crippen molar-refractivity contribution >= 4 is 11.8 Å². The quantitative estimate of drug-likeness (QED) is 0.751. The number of nitrogens with two attached hydrogens (primary N) is 1. The summed E-state index contributed by atoms with van der Waals surface area (Å²) in [6, 6.07) is 7.94. The first kappa shape index (κ1) is 22.2. The Kier molecular flexibility index (Phi) is 7.87. The normalized spacial score (nSPS) is 18.5. The molecule has 3 N–H and O–H groups in total. The van der Waals surface area contributed by atoms with Crippen LogP contribution in [0.1, 0.15) is 58.9 Å². The second-order valence-electron chi connectivity index (χ2n) is 8.56. The van der Waals surface area contributed by atoms with Crippen molar-refractivity contribution < 1.29 is 14.3 Å². The molecule has 1 aliphatic heterocycles. The van der Waals surface area contributed by atoms with Crippen molar-refractivity contribution in [2.24, 2.45) is 5.73 Å². The zero-order valence-corrected chi connectivity index (χ0v) is 17.7. The molecule has 1 aliphatic rings. The summed E-state index contributed by atoms with van der Waals surface area (Å²) < 4.78 is 5.98. The Morgan fingerprint density at radius 1 is 1.32 bits per heavy atom. The fourth-order valence-electron chi connectivity index (χ4n) is 3.48. The second-order valence-corrected chi connectivity index (χ2v) is 8.56. The maximum absolute atomic E-state index is 13.0. The summed E-state index contributed by atoms with van der Waals surface area (Å²) in [5.41, 5.74) is 6.61. The third kappa shape index (κ3) is 6.23.